The number of esters is 1. The van der Waals surface area contributed by atoms with Gasteiger partial charge in [-0.3, -0.25) is 4.79 Å². The van der Waals surface area contributed by atoms with E-state index in [1.165, 1.54) is 6.42 Å². The third kappa shape index (κ3) is 5.35. The van der Waals surface area contributed by atoms with Crippen LogP contribution in [-0.4, -0.2) is 25.2 Å². The quantitative estimate of drug-likeness (QED) is 0.455. The van der Waals surface area contributed by atoms with Crippen LogP contribution in [0.3, 0.4) is 0 Å². The summed E-state index contributed by atoms with van der Waals surface area (Å²) in [5.41, 5.74) is 0.289. The smallest absolute Gasteiger partial charge is 0.320 e. The molecule has 0 heterocycles. The lowest BCUT2D eigenvalue weighted by molar-refractivity contribution is -0.152. The van der Waals surface area contributed by atoms with Gasteiger partial charge in [-0.15, -0.1) is 6.58 Å². The first kappa shape index (κ1) is 14.2. The first-order valence-electron chi connectivity index (χ1n) is 6.44. The molecule has 0 amide bonds. The van der Waals surface area contributed by atoms with Crippen molar-refractivity contribution in [3.05, 3.63) is 12.7 Å². The van der Waals surface area contributed by atoms with E-state index >= 15 is 0 Å². The van der Waals surface area contributed by atoms with Gasteiger partial charge in [-0.25, -0.2) is 0 Å². The fraction of sp³-hybridized carbons (Fsp3) is 0.786. The molecule has 1 rings (SSSR count). The molecular weight excluding hydrogens is 214 g/mol. The molecule has 2 unspecified atom stereocenters. The third-order valence-electron chi connectivity index (χ3n) is 3.20. The monoisotopic (exact) mass is 239 g/mol. The average Bonchev–Trinajstić information content (AvgIpc) is 2.14. The van der Waals surface area contributed by atoms with Crippen molar-refractivity contribution >= 4 is 5.97 Å². The Kier molecular flexibility index (Phi) is 5.19. The molecule has 0 aromatic carbocycles. The lowest BCUT2D eigenvalue weighted by atomic mass is 9.71. The number of hydrogen-bond acceptors (Lipinski definition) is 3. The molecule has 17 heavy (non-hydrogen) atoms. The zero-order valence-corrected chi connectivity index (χ0v) is 11.3. The number of carbonyl (C=O) groups excluding carboxylic acids is 1. The van der Waals surface area contributed by atoms with E-state index in [0.717, 1.165) is 12.8 Å². The SMILES string of the molecule is C=CCNCC(=O)OC1CC(C)CC(C)(C)C1. The molecule has 0 spiro atoms. The number of nitrogens with one attached hydrogen (secondary N) is 1. The first-order valence-corrected chi connectivity index (χ1v) is 6.44. The summed E-state index contributed by atoms with van der Waals surface area (Å²) in [6.45, 7) is 11.2. The van der Waals surface area contributed by atoms with Crippen LogP contribution in [0.5, 0.6) is 0 Å². The normalized spacial score (nSPS) is 27.5. The Hall–Kier alpha value is -0.830. The Morgan fingerprint density at radius 1 is 1.53 bits per heavy atom. The minimum absolute atomic E-state index is 0.0896. The predicted octanol–water partition coefficient (Wildman–Crippen LogP) is 2.52. The van der Waals surface area contributed by atoms with Crippen molar-refractivity contribution in [2.45, 2.75) is 46.1 Å². The molecule has 0 aromatic heterocycles. The fourth-order valence-electron chi connectivity index (χ4n) is 2.85. The van der Waals surface area contributed by atoms with E-state index in [1.54, 1.807) is 6.08 Å². The maximum absolute atomic E-state index is 11.6. The van der Waals surface area contributed by atoms with E-state index in [1.807, 2.05) is 0 Å². The lowest BCUT2D eigenvalue weighted by Crippen LogP contribution is -2.36. The molecule has 1 saturated carbocycles. The summed E-state index contributed by atoms with van der Waals surface area (Å²) < 4.78 is 5.51. The molecule has 0 aliphatic heterocycles. The molecule has 1 N–H and O–H groups in total. The van der Waals surface area contributed by atoms with E-state index in [0.29, 0.717) is 12.5 Å². The zero-order valence-electron chi connectivity index (χ0n) is 11.3. The molecule has 0 aromatic rings. The van der Waals surface area contributed by atoms with Crippen LogP contribution in [0.4, 0.5) is 0 Å². The molecule has 2 atom stereocenters. The second-order valence-electron chi connectivity index (χ2n) is 5.94. The highest BCUT2D eigenvalue weighted by atomic mass is 16.5. The van der Waals surface area contributed by atoms with Gasteiger partial charge < -0.3 is 10.1 Å². The van der Waals surface area contributed by atoms with Gasteiger partial charge in [-0.05, 0) is 30.6 Å². The summed E-state index contributed by atoms with van der Waals surface area (Å²) in [4.78, 5) is 11.6. The summed E-state index contributed by atoms with van der Waals surface area (Å²) in [5.74, 6) is 0.486. The molecular formula is C14H25NO2. The van der Waals surface area contributed by atoms with E-state index in [2.05, 4.69) is 32.7 Å². The Morgan fingerprint density at radius 3 is 2.82 bits per heavy atom. The van der Waals surface area contributed by atoms with Gasteiger partial charge in [0.25, 0.3) is 0 Å². The summed E-state index contributed by atoms with van der Waals surface area (Å²) >= 11 is 0. The van der Waals surface area contributed by atoms with Crippen molar-refractivity contribution < 1.29 is 9.53 Å². The number of carbonyl (C=O) groups is 1. The summed E-state index contributed by atoms with van der Waals surface area (Å²) in [5, 5.41) is 2.96. The van der Waals surface area contributed by atoms with Crippen molar-refractivity contribution in [2.75, 3.05) is 13.1 Å². The minimum Gasteiger partial charge on any atom is -0.461 e. The first-order chi connectivity index (χ1) is 7.93. The molecule has 3 heteroatoms. The van der Waals surface area contributed by atoms with Crippen LogP contribution in [-0.2, 0) is 9.53 Å². The maximum Gasteiger partial charge on any atom is 0.320 e. The van der Waals surface area contributed by atoms with Gasteiger partial charge in [0, 0.05) is 6.54 Å². The van der Waals surface area contributed by atoms with Crippen molar-refractivity contribution in [2.24, 2.45) is 11.3 Å². The minimum atomic E-state index is -0.151. The van der Waals surface area contributed by atoms with Gasteiger partial charge in [0.2, 0.25) is 0 Å². The van der Waals surface area contributed by atoms with Crippen LogP contribution < -0.4 is 5.32 Å². The van der Waals surface area contributed by atoms with Crippen LogP contribution in [0.15, 0.2) is 12.7 Å². The molecule has 0 saturated heterocycles. The highest BCUT2D eigenvalue weighted by Gasteiger charge is 2.33. The Balaban J connectivity index is 2.35. The van der Waals surface area contributed by atoms with Gasteiger partial charge in [0.05, 0.1) is 6.54 Å². The zero-order chi connectivity index (χ0) is 12.9. The molecule has 3 nitrogen and oxygen atoms in total. The Labute approximate surface area is 105 Å². The molecule has 1 fully saturated rings. The topological polar surface area (TPSA) is 38.3 Å². The second-order valence-corrected chi connectivity index (χ2v) is 5.94. The van der Waals surface area contributed by atoms with Gasteiger partial charge >= 0.3 is 5.97 Å². The van der Waals surface area contributed by atoms with Crippen LogP contribution in [0, 0.1) is 11.3 Å². The number of hydrogen-bond donors (Lipinski definition) is 1. The third-order valence-corrected chi connectivity index (χ3v) is 3.20. The Morgan fingerprint density at radius 2 is 2.24 bits per heavy atom. The number of rotatable bonds is 5. The number of ether oxygens (including phenoxy) is 1. The molecule has 1 aliphatic rings. The lowest BCUT2D eigenvalue weighted by Gasteiger charge is -2.38. The van der Waals surface area contributed by atoms with Crippen molar-refractivity contribution in [1.82, 2.24) is 5.32 Å². The van der Waals surface area contributed by atoms with Crippen molar-refractivity contribution in [3.63, 3.8) is 0 Å². The van der Waals surface area contributed by atoms with E-state index < -0.39 is 0 Å². The molecule has 98 valence electrons. The van der Waals surface area contributed by atoms with Crippen LogP contribution in [0.25, 0.3) is 0 Å². The van der Waals surface area contributed by atoms with E-state index in [-0.39, 0.29) is 24.0 Å². The van der Waals surface area contributed by atoms with Crippen LogP contribution in [0.1, 0.15) is 40.0 Å². The standard InChI is InChI=1S/C14H25NO2/c1-5-6-15-10-13(16)17-12-7-11(2)8-14(3,4)9-12/h5,11-12,15H,1,6-10H2,2-4H3. The van der Waals surface area contributed by atoms with E-state index in [9.17, 15) is 4.79 Å². The highest BCUT2D eigenvalue weighted by Crippen LogP contribution is 2.39. The maximum atomic E-state index is 11.6. The van der Waals surface area contributed by atoms with Crippen molar-refractivity contribution in [1.29, 1.82) is 0 Å². The Bertz CT molecular complexity index is 273. The highest BCUT2D eigenvalue weighted by molar-refractivity contribution is 5.71. The van der Waals surface area contributed by atoms with Gasteiger partial charge in [-0.2, -0.15) is 0 Å². The molecule has 1 aliphatic carbocycles. The summed E-state index contributed by atoms with van der Waals surface area (Å²) in [6.07, 6.45) is 5.02. The van der Waals surface area contributed by atoms with Crippen LogP contribution in [0.2, 0.25) is 0 Å². The predicted molar refractivity (Wildman–Crippen MR) is 69.7 cm³/mol. The summed E-state index contributed by atoms with van der Waals surface area (Å²) in [7, 11) is 0. The summed E-state index contributed by atoms with van der Waals surface area (Å²) in [6, 6.07) is 0. The fourth-order valence-corrected chi connectivity index (χ4v) is 2.85. The molecule has 0 bridgehead atoms. The van der Waals surface area contributed by atoms with Crippen LogP contribution >= 0.6 is 0 Å². The molecule has 0 radical (unpaired) electrons. The largest absolute Gasteiger partial charge is 0.461 e. The van der Waals surface area contributed by atoms with Crippen molar-refractivity contribution in [3.8, 4) is 0 Å². The average molecular weight is 239 g/mol. The van der Waals surface area contributed by atoms with Gasteiger partial charge in [0.15, 0.2) is 0 Å². The van der Waals surface area contributed by atoms with Gasteiger partial charge in [0.1, 0.15) is 6.10 Å². The second kappa shape index (κ2) is 6.20. The van der Waals surface area contributed by atoms with E-state index in [4.69, 9.17) is 4.74 Å². The van der Waals surface area contributed by atoms with Gasteiger partial charge in [-0.1, -0.05) is 26.8 Å².